The molecular weight excluding hydrogens is 713 g/mol. The minimum absolute atomic E-state index is 0.585. The van der Waals surface area contributed by atoms with Gasteiger partial charge in [-0.25, -0.2) is 0 Å². The van der Waals surface area contributed by atoms with Crippen molar-refractivity contribution in [3.63, 3.8) is 0 Å². The summed E-state index contributed by atoms with van der Waals surface area (Å²) in [5, 5.41) is 4.94. The van der Waals surface area contributed by atoms with Gasteiger partial charge in [-0.05, 0) is 127 Å². The molecule has 0 bridgehead atoms. The first-order valence-corrected chi connectivity index (χ1v) is 20.4. The monoisotopic (exact) mass is 750 g/mol. The van der Waals surface area contributed by atoms with Gasteiger partial charge in [-0.15, -0.1) is 0 Å². The second-order valence-corrected chi connectivity index (χ2v) is 15.6. The van der Waals surface area contributed by atoms with Gasteiger partial charge >= 0.3 is 0 Å². The number of hydrogen-bond acceptors (Lipinski definition) is 2. The minimum Gasteiger partial charge on any atom is -0.310 e. The highest BCUT2D eigenvalue weighted by molar-refractivity contribution is 6.11. The molecular formula is C57H38N2. The van der Waals surface area contributed by atoms with Crippen molar-refractivity contribution in [2.75, 3.05) is 9.80 Å². The van der Waals surface area contributed by atoms with E-state index in [1.165, 1.54) is 71.7 Å². The molecule has 0 saturated heterocycles. The molecule has 276 valence electrons. The molecule has 10 aromatic rings. The molecule has 1 unspecified atom stereocenters. The molecule has 0 saturated carbocycles. The topological polar surface area (TPSA) is 6.48 Å². The fraction of sp³-hybridized carbons (Fsp3) is 0.0175. The van der Waals surface area contributed by atoms with Crippen molar-refractivity contribution in [2.45, 2.75) is 5.41 Å². The van der Waals surface area contributed by atoms with Crippen molar-refractivity contribution in [1.82, 2.24) is 0 Å². The highest BCUT2D eigenvalue weighted by Gasteiger charge is 2.54. The van der Waals surface area contributed by atoms with Crippen molar-refractivity contribution >= 4 is 55.7 Å². The maximum absolute atomic E-state index is 2.48. The van der Waals surface area contributed by atoms with Gasteiger partial charge in [0.2, 0.25) is 0 Å². The Kier molecular flexibility index (Phi) is 7.48. The smallest absolute Gasteiger partial charge is 0.0746 e. The zero-order valence-electron chi connectivity index (χ0n) is 32.3. The second-order valence-electron chi connectivity index (χ2n) is 15.6. The Hall–Kier alpha value is -7.68. The van der Waals surface area contributed by atoms with Crippen molar-refractivity contribution < 1.29 is 0 Å². The van der Waals surface area contributed by atoms with Crippen molar-refractivity contribution in [2.24, 2.45) is 0 Å². The van der Waals surface area contributed by atoms with Crippen LogP contribution in [0.3, 0.4) is 0 Å². The number of fused-ring (bicyclic) bond motifs is 13. The quantitative estimate of drug-likeness (QED) is 0.167. The molecule has 0 radical (unpaired) electrons. The fourth-order valence-electron chi connectivity index (χ4n) is 10.2. The van der Waals surface area contributed by atoms with Crippen LogP contribution in [-0.4, -0.2) is 0 Å². The van der Waals surface area contributed by atoms with Crippen LogP contribution in [0.5, 0.6) is 0 Å². The van der Waals surface area contributed by atoms with Gasteiger partial charge in [0, 0.05) is 34.0 Å². The van der Waals surface area contributed by atoms with E-state index >= 15 is 0 Å². The number of anilines is 6. The van der Waals surface area contributed by atoms with Gasteiger partial charge in [-0.2, -0.15) is 0 Å². The average molecular weight is 751 g/mol. The Morgan fingerprint density at radius 1 is 0.288 bits per heavy atom. The highest BCUT2D eigenvalue weighted by atomic mass is 15.2. The third-order valence-electron chi connectivity index (χ3n) is 12.6. The summed E-state index contributed by atoms with van der Waals surface area (Å²) in [4.78, 5) is 4.88. The molecule has 2 aliphatic carbocycles. The van der Waals surface area contributed by atoms with Gasteiger partial charge in [0.25, 0.3) is 0 Å². The normalized spacial score (nSPS) is 14.5. The average Bonchev–Trinajstić information content (AvgIpc) is 3.78. The van der Waals surface area contributed by atoms with Gasteiger partial charge in [0.05, 0.1) is 11.1 Å². The summed E-state index contributed by atoms with van der Waals surface area (Å²) in [5.41, 5.74) is 16.6. The van der Waals surface area contributed by atoms with Crippen LogP contribution in [0.4, 0.5) is 34.1 Å². The van der Waals surface area contributed by atoms with Crippen LogP contribution in [-0.2, 0) is 5.41 Å². The van der Waals surface area contributed by atoms with Gasteiger partial charge in [0.1, 0.15) is 0 Å². The molecule has 0 N–H and O–H groups in total. The number of nitrogens with zero attached hydrogens (tertiary/aromatic N) is 2. The van der Waals surface area contributed by atoms with Crippen molar-refractivity contribution in [3.8, 4) is 22.3 Å². The van der Waals surface area contributed by atoms with E-state index in [9.17, 15) is 0 Å². The maximum atomic E-state index is 2.48. The predicted octanol–water partition coefficient (Wildman–Crippen LogP) is 15.3. The minimum atomic E-state index is -0.585. The van der Waals surface area contributed by atoms with E-state index in [4.69, 9.17) is 0 Å². The van der Waals surface area contributed by atoms with Gasteiger partial charge in [-0.1, -0.05) is 164 Å². The molecule has 2 aliphatic rings. The van der Waals surface area contributed by atoms with Crippen LogP contribution in [0.2, 0.25) is 0 Å². The summed E-state index contributed by atoms with van der Waals surface area (Å²) in [6.45, 7) is 0. The van der Waals surface area contributed by atoms with Crippen LogP contribution in [0.1, 0.15) is 22.3 Å². The van der Waals surface area contributed by atoms with E-state index in [2.05, 4.69) is 240 Å². The Morgan fingerprint density at radius 2 is 0.780 bits per heavy atom. The van der Waals surface area contributed by atoms with E-state index in [0.717, 1.165) is 28.4 Å². The summed E-state index contributed by atoms with van der Waals surface area (Å²) in [5.74, 6) is 0. The second kappa shape index (κ2) is 13.2. The summed E-state index contributed by atoms with van der Waals surface area (Å²) in [6, 6.07) is 84.8. The lowest BCUT2D eigenvalue weighted by Gasteiger charge is -2.36. The third-order valence-corrected chi connectivity index (χ3v) is 12.6. The maximum Gasteiger partial charge on any atom is 0.0746 e. The summed E-state index contributed by atoms with van der Waals surface area (Å²) < 4.78 is 0. The SMILES string of the molecule is c1ccc(N(c2ccc3c(c2)-c2ccccc2C32c3ccccc3-c3c2c(N(c2ccccc2)c2ccccc2)cc2ccccc32)c2ccc3ccccc3c2)cc1. The van der Waals surface area contributed by atoms with Crippen LogP contribution in [0.15, 0.2) is 231 Å². The highest BCUT2D eigenvalue weighted by Crippen LogP contribution is 2.67. The lowest BCUT2D eigenvalue weighted by atomic mass is 9.69. The number of para-hydroxylation sites is 3. The van der Waals surface area contributed by atoms with Crippen molar-refractivity contribution in [3.05, 3.63) is 253 Å². The van der Waals surface area contributed by atoms with E-state index in [1.807, 2.05) is 0 Å². The lowest BCUT2D eigenvalue weighted by molar-refractivity contribution is 0.793. The Bertz CT molecular complexity index is 3190. The standard InChI is InChI=1S/C57H38N2/c1-4-21-42(22-5-1)58(45-33-32-39-18-10-11-19-40(39)36-45)46-34-35-53-50(38-46)48-28-14-16-30-51(48)57(53)52-31-17-15-29-49(52)55-47-27-13-12-20-41(47)37-54(56(55)57)59(43-23-6-2-7-24-43)44-25-8-3-9-26-44/h1-38H. The van der Waals surface area contributed by atoms with Crippen LogP contribution in [0.25, 0.3) is 43.8 Å². The molecule has 10 aromatic carbocycles. The Balaban J connectivity index is 1.18. The predicted molar refractivity (Wildman–Crippen MR) is 247 cm³/mol. The zero-order valence-corrected chi connectivity index (χ0v) is 32.3. The molecule has 0 amide bonds. The van der Waals surface area contributed by atoms with Crippen molar-refractivity contribution in [1.29, 1.82) is 0 Å². The van der Waals surface area contributed by atoms with E-state index in [1.54, 1.807) is 0 Å². The number of hydrogen-bond donors (Lipinski definition) is 0. The molecule has 1 spiro atoms. The van der Waals surface area contributed by atoms with E-state index in [-0.39, 0.29) is 0 Å². The fourth-order valence-corrected chi connectivity index (χ4v) is 10.2. The van der Waals surface area contributed by atoms with Gasteiger partial charge < -0.3 is 9.80 Å². The zero-order chi connectivity index (χ0) is 38.9. The molecule has 0 aliphatic heterocycles. The molecule has 2 nitrogen and oxygen atoms in total. The third kappa shape index (κ3) is 4.93. The lowest BCUT2D eigenvalue weighted by Crippen LogP contribution is -2.28. The first kappa shape index (κ1) is 33.5. The molecule has 0 aromatic heterocycles. The van der Waals surface area contributed by atoms with E-state index in [0.29, 0.717) is 0 Å². The molecule has 2 heteroatoms. The molecule has 12 rings (SSSR count). The summed E-state index contributed by atoms with van der Waals surface area (Å²) >= 11 is 0. The number of rotatable bonds is 6. The first-order chi connectivity index (χ1) is 29.3. The Morgan fingerprint density at radius 3 is 1.47 bits per heavy atom. The summed E-state index contributed by atoms with van der Waals surface area (Å²) in [6.07, 6.45) is 0. The van der Waals surface area contributed by atoms with Gasteiger partial charge in [-0.3, -0.25) is 0 Å². The largest absolute Gasteiger partial charge is 0.310 e. The van der Waals surface area contributed by atoms with Crippen LogP contribution in [0, 0.1) is 0 Å². The molecule has 59 heavy (non-hydrogen) atoms. The van der Waals surface area contributed by atoms with E-state index < -0.39 is 5.41 Å². The Labute approximate surface area is 344 Å². The molecule has 1 atom stereocenters. The van der Waals surface area contributed by atoms with Crippen LogP contribution < -0.4 is 9.80 Å². The first-order valence-electron chi connectivity index (χ1n) is 20.4. The van der Waals surface area contributed by atoms with Gasteiger partial charge in [0.15, 0.2) is 0 Å². The van der Waals surface area contributed by atoms with Crippen LogP contribution >= 0.6 is 0 Å². The molecule has 0 fully saturated rings. The summed E-state index contributed by atoms with van der Waals surface area (Å²) in [7, 11) is 0. The number of benzene rings is 10. The molecule has 0 heterocycles.